The van der Waals surface area contributed by atoms with Gasteiger partial charge in [-0.3, -0.25) is 0 Å². The van der Waals surface area contributed by atoms with E-state index in [4.69, 9.17) is 0 Å². The van der Waals surface area contributed by atoms with E-state index in [1.807, 2.05) is 0 Å². The standard InChI is InChI=1S/C78H54/c1-9-25-55(26-10-1)67-49-68(56-27-11-2-12-28-56)52-71(51-67)59-41-45-65(46-42-59)77-75(63-37-21-7-22-38-63)73(61-33-17-5-18-34-61)74(62-35-19-6-20-36-62)76(64-39-23-8-24-40-64)78(77)66-47-43-60(44-48-66)72-53-69(57-29-13-3-14-30-57)50-70(54-72)58-31-15-4-16-32-58/h1-54H. The minimum Gasteiger partial charge on any atom is -0.0622 e. The minimum atomic E-state index is 1.14. The van der Waals surface area contributed by atoms with Crippen LogP contribution in [0.1, 0.15) is 0 Å². The van der Waals surface area contributed by atoms with Crippen molar-refractivity contribution in [3.8, 4) is 134 Å². The van der Waals surface area contributed by atoms with Gasteiger partial charge in [-0.25, -0.2) is 0 Å². The fourth-order valence-electron chi connectivity index (χ4n) is 11.3. The number of hydrogen-bond donors (Lipinski definition) is 0. The molecule has 0 aromatic heterocycles. The van der Waals surface area contributed by atoms with Crippen molar-refractivity contribution < 1.29 is 0 Å². The maximum Gasteiger partial charge on any atom is -0.00139 e. The van der Waals surface area contributed by atoms with Crippen LogP contribution in [0.4, 0.5) is 0 Å². The molecule has 0 saturated carbocycles. The van der Waals surface area contributed by atoms with Gasteiger partial charge in [0.25, 0.3) is 0 Å². The van der Waals surface area contributed by atoms with E-state index in [-0.39, 0.29) is 0 Å². The van der Waals surface area contributed by atoms with E-state index < -0.39 is 0 Å². The van der Waals surface area contributed by atoms with Crippen LogP contribution < -0.4 is 0 Å². The van der Waals surface area contributed by atoms with Crippen molar-refractivity contribution in [1.82, 2.24) is 0 Å². The van der Waals surface area contributed by atoms with Crippen molar-refractivity contribution in [2.75, 3.05) is 0 Å². The molecule has 366 valence electrons. The van der Waals surface area contributed by atoms with E-state index in [1.54, 1.807) is 0 Å². The van der Waals surface area contributed by atoms with E-state index in [0.29, 0.717) is 0 Å². The molecular formula is C78H54. The molecule has 0 amide bonds. The molecular weight excluding hydrogens is 937 g/mol. The van der Waals surface area contributed by atoms with Gasteiger partial charge in [0.15, 0.2) is 0 Å². The molecule has 0 aliphatic rings. The van der Waals surface area contributed by atoms with Crippen molar-refractivity contribution in [1.29, 1.82) is 0 Å². The molecule has 0 atom stereocenters. The van der Waals surface area contributed by atoms with Crippen LogP contribution in [0.15, 0.2) is 328 Å². The molecule has 0 nitrogen and oxygen atoms in total. The van der Waals surface area contributed by atoms with Crippen molar-refractivity contribution in [2.45, 2.75) is 0 Å². The van der Waals surface area contributed by atoms with Crippen molar-refractivity contribution in [3.63, 3.8) is 0 Å². The smallest absolute Gasteiger partial charge is 0.00139 e. The van der Waals surface area contributed by atoms with Crippen LogP contribution in [0.5, 0.6) is 0 Å². The predicted octanol–water partition coefficient (Wildman–Crippen LogP) is 21.7. The van der Waals surface area contributed by atoms with E-state index in [0.717, 1.165) is 44.5 Å². The molecule has 0 aliphatic heterocycles. The lowest BCUT2D eigenvalue weighted by Crippen LogP contribution is -2.02. The molecule has 0 fully saturated rings. The maximum absolute atomic E-state index is 2.36. The highest BCUT2D eigenvalue weighted by atomic mass is 14.3. The molecule has 0 N–H and O–H groups in total. The Morgan fingerprint density at radius 3 is 0.372 bits per heavy atom. The molecule has 13 rings (SSSR count). The summed E-state index contributed by atoms with van der Waals surface area (Å²) in [6, 6.07) is 120. The lowest BCUT2D eigenvalue weighted by molar-refractivity contribution is 1.51. The average molecular weight is 991 g/mol. The second kappa shape index (κ2) is 21.6. The summed E-state index contributed by atoms with van der Waals surface area (Å²) in [5.74, 6) is 0. The summed E-state index contributed by atoms with van der Waals surface area (Å²) < 4.78 is 0. The Morgan fingerprint density at radius 2 is 0.205 bits per heavy atom. The van der Waals surface area contributed by atoms with Gasteiger partial charge in [0.1, 0.15) is 0 Å². The molecule has 0 bridgehead atoms. The Hall–Kier alpha value is -10.1. The van der Waals surface area contributed by atoms with Crippen LogP contribution in [0.2, 0.25) is 0 Å². The zero-order valence-corrected chi connectivity index (χ0v) is 43.2. The van der Waals surface area contributed by atoms with Crippen LogP contribution >= 0.6 is 0 Å². The largest absolute Gasteiger partial charge is 0.0622 e. The predicted molar refractivity (Wildman–Crippen MR) is 332 cm³/mol. The Balaban J connectivity index is 1.09. The van der Waals surface area contributed by atoms with Gasteiger partial charge < -0.3 is 0 Å². The minimum absolute atomic E-state index is 1.14. The topological polar surface area (TPSA) is 0 Å². The number of hydrogen-bond acceptors (Lipinski definition) is 0. The van der Waals surface area contributed by atoms with Gasteiger partial charge in [-0.05, 0) is 170 Å². The second-order valence-corrected chi connectivity index (χ2v) is 19.9. The van der Waals surface area contributed by atoms with Crippen molar-refractivity contribution >= 4 is 0 Å². The van der Waals surface area contributed by atoms with E-state index >= 15 is 0 Å². The third-order valence-corrected chi connectivity index (χ3v) is 15.1. The fraction of sp³-hybridized carbons (Fsp3) is 0. The van der Waals surface area contributed by atoms with Gasteiger partial charge in [0.05, 0.1) is 0 Å². The number of benzene rings is 13. The van der Waals surface area contributed by atoms with Gasteiger partial charge in [-0.1, -0.05) is 291 Å². The summed E-state index contributed by atoms with van der Waals surface area (Å²) in [6.45, 7) is 0. The second-order valence-electron chi connectivity index (χ2n) is 19.9. The van der Waals surface area contributed by atoms with Gasteiger partial charge in [0.2, 0.25) is 0 Å². The molecule has 13 aromatic rings. The average Bonchev–Trinajstić information content (AvgIpc) is 3.54. The zero-order chi connectivity index (χ0) is 52.0. The third kappa shape index (κ3) is 9.60. The quantitative estimate of drug-likeness (QED) is 0.114. The molecule has 0 heterocycles. The summed E-state index contributed by atoms with van der Waals surface area (Å²) in [4.78, 5) is 0. The maximum atomic E-state index is 2.36. The summed E-state index contributed by atoms with van der Waals surface area (Å²) in [6.07, 6.45) is 0. The zero-order valence-electron chi connectivity index (χ0n) is 43.2. The van der Waals surface area contributed by atoms with Crippen LogP contribution in [0, 0.1) is 0 Å². The first kappa shape index (κ1) is 47.6. The first-order valence-electron chi connectivity index (χ1n) is 26.9. The molecule has 0 heteroatoms. The SMILES string of the molecule is c1ccc(-c2cc(-c3ccccc3)cc(-c3ccc(-c4c(-c5ccccc5)c(-c5ccccc5)c(-c5ccccc5)c(-c5ccccc5)c4-c4ccc(-c5cc(-c6ccccc6)cc(-c6ccccc6)c5)cc4)cc3)c2)cc1. The van der Waals surface area contributed by atoms with Crippen LogP contribution in [-0.4, -0.2) is 0 Å². The number of rotatable bonds is 12. The Morgan fingerprint density at radius 1 is 0.0897 bits per heavy atom. The van der Waals surface area contributed by atoms with Crippen molar-refractivity contribution in [3.05, 3.63) is 328 Å². The highest BCUT2D eigenvalue weighted by Gasteiger charge is 2.29. The van der Waals surface area contributed by atoms with Crippen LogP contribution in [0.25, 0.3) is 134 Å². The third-order valence-electron chi connectivity index (χ3n) is 15.1. The normalized spacial score (nSPS) is 11.1. The Kier molecular flexibility index (Phi) is 13.2. The first-order valence-corrected chi connectivity index (χ1v) is 26.9. The molecule has 0 aliphatic carbocycles. The molecule has 78 heavy (non-hydrogen) atoms. The van der Waals surface area contributed by atoms with Crippen LogP contribution in [-0.2, 0) is 0 Å². The highest BCUT2D eigenvalue weighted by molar-refractivity contribution is 6.15. The Labute approximate surface area is 458 Å². The van der Waals surface area contributed by atoms with Gasteiger partial charge in [-0.2, -0.15) is 0 Å². The van der Waals surface area contributed by atoms with E-state index in [9.17, 15) is 0 Å². The summed E-state index contributed by atoms with van der Waals surface area (Å²) >= 11 is 0. The van der Waals surface area contributed by atoms with Gasteiger partial charge >= 0.3 is 0 Å². The van der Waals surface area contributed by atoms with E-state index in [2.05, 4.69) is 328 Å². The first-order chi connectivity index (χ1) is 38.7. The highest BCUT2D eigenvalue weighted by Crippen LogP contribution is 2.56. The van der Waals surface area contributed by atoms with E-state index in [1.165, 1.54) is 89.0 Å². The van der Waals surface area contributed by atoms with Crippen molar-refractivity contribution in [2.24, 2.45) is 0 Å². The van der Waals surface area contributed by atoms with Gasteiger partial charge in [0, 0.05) is 0 Å². The fourth-order valence-corrected chi connectivity index (χ4v) is 11.3. The summed E-state index contributed by atoms with van der Waals surface area (Å²) in [7, 11) is 0. The molecule has 0 radical (unpaired) electrons. The Bertz CT molecular complexity index is 3740. The monoisotopic (exact) mass is 990 g/mol. The summed E-state index contributed by atoms with van der Waals surface area (Å²) in [5.41, 5.74) is 28.2. The lowest BCUT2D eigenvalue weighted by Gasteiger charge is -2.29. The molecule has 0 unspecified atom stereocenters. The molecule has 13 aromatic carbocycles. The molecule has 0 saturated heterocycles. The van der Waals surface area contributed by atoms with Crippen LogP contribution in [0.3, 0.4) is 0 Å². The summed E-state index contributed by atoms with van der Waals surface area (Å²) in [5, 5.41) is 0. The lowest BCUT2D eigenvalue weighted by atomic mass is 9.74. The molecule has 0 spiro atoms. The van der Waals surface area contributed by atoms with Gasteiger partial charge in [-0.15, -0.1) is 0 Å².